The molecule has 2 atom stereocenters. The maximum Gasteiger partial charge on any atom is 0.136 e. The summed E-state index contributed by atoms with van der Waals surface area (Å²) in [5.74, 6) is 0. The van der Waals surface area contributed by atoms with E-state index in [4.69, 9.17) is 0 Å². The molecule has 1 saturated heterocycles. The largest absolute Gasteiger partial charge is 0.353 e. The van der Waals surface area contributed by atoms with Crippen LogP contribution in [0.1, 0.15) is 43.9 Å². The molecule has 2 N–H and O–H groups in total. The predicted molar refractivity (Wildman–Crippen MR) is 78.5 cm³/mol. The van der Waals surface area contributed by atoms with Crippen molar-refractivity contribution >= 4 is 10.9 Å². The third-order valence-corrected chi connectivity index (χ3v) is 5.46. The second kappa shape index (κ2) is 4.11. The van der Waals surface area contributed by atoms with E-state index in [1.807, 2.05) is 4.90 Å². The number of aromatic amines is 1. The van der Waals surface area contributed by atoms with Crippen LogP contribution in [0.2, 0.25) is 0 Å². The van der Waals surface area contributed by atoms with E-state index < -0.39 is 0 Å². The Kier molecular flexibility index (Phi) is 2.49. The van der Waals surface area contributed by atoms with Crippen molar-refractivity contribution in [1.29, 1.82) is 0 Å². The highest BCUT2D eigenvalue weighted by Crippen LogP contribution is 2.35. The second-order valence-corrected chi connectivity index (χ2v) is 6.52. The number of H-pyrrole nitrogens is 1. The van der Waals surface area contributed by atoms with Gasteiger partial charge in [0.15, 0.2) is 0 Å². The zero-order valence-electron chi connectivity index (χ0n) is 11.8. The molecule has 4 rings (SSSR count). The summed E-state index contributed by atoms with van der Waals surface area (Å²) in [7, 11) is 0. The van der Waals surface area contributed by atoms with Crippen LogP contribution >= 0.6 is 0 Å². The Morgan fingerprint density at radius 3 is 2.89 bits per heavy atom. The maximum absolute atomic E-state index is 3.77. The van der Waals surface area contributed by atoms with Crippen LogP contribution in [0.5, 0.6) is 0 Å². The number of piperidine rings is 1. The Morgan fingerprint density at radius 2 is 1.95 bits per heavy atom. The monoisotopic (exact) mass is 255 g/mol. The summed E-state index contributed by atoms with van der Waals surface area (Å²) in [6.07, 6.45) is 6.70. The van der Waals surface area contributed by atoms with Crippen molar-refractivity contribution in [2.24, 2.45) is 0 Å². The Bertz CT molecular complexity index is 613. The molecule has 0 aliphatic carbocycles. The van der Waals surface area contributed by atoms with Crippen molar-refractivity contribution in [2.75, 3.05) is 13.1 Å². The summed E-state index contributed by atoms with van der Waals surface area (Å²) in [6, 6.07) is 8.85. The molecule has 3 heterocycles. The summed E-state index contributed by atoms with van der Waals surface area (Å²) in [4.78, 5) is 5.58. The van der Waals surface area contributed by atoms with Crippen molar-refractivity contribution in [3.63, 3.8) is 0 Å². The first-order valence-corrected chi connectivity index (χ1v) is 7.74. The normalized spacial score (nSPS) is 30.7. The van der Waals surface area contributed by atoms with Crippen molar-refractivity contribution in [3.8, 4) is 0 Å². The molecule has 0 radical (unpaired) electrons. The molecule has 1 fully saturated rings. The number of rotatable bonds is 0. The van der Waals surface area contributed by atoms with E-state index >= 15 is 0 Å². The Balaban J connectivity index is 1.95. The lowest BCUT2D eigenvalue weighted by molar-refractivity contribution is -0.964. The molecule has 100 valence electrons. The van der Waals surface area contributed by atoms with Gasteiger partial charge in [0, 0.05) is 23.7 Å². The van der Waals surface area contributed by atoms with Gasteiger partial charge < -0.3 is 9.88 Å². The molecule has 0 bridgehead atoms. The zero-order chi connectivity index (χ0) is 12.9. The van der Waals surface area contributed by atoms with Gasteiger partial charge in [0.1, 0.15) is 5.54 Å². The number of fused-ring (bicyclic) bond motifs is 5. The minimum Gasteiger partial charge on any atom is -0.353 e. The molecular formula is C17H23N2+. The lowest BCUT2D eigenvalue weighted by Gasteiger charge is -2.40. The molecule has 2 aromatic rings. The fraction of sp³-hybridized carbons (Fsp3) is 0.529. The van der Waals surface area contributed by atoms with E-state index in [1.54, 1.807) is 11.3 Å². The number of hydrogen-bond acceptors (Lipinski definition) is 0. The number of benzene rings is 1. The van der Waals surface area contributed by atoms with Gasteiger partial charge in [-0.25, -0.2) is 0 Å². The fourth-order valence-corrected chi connectivity index (χ4v) is 4.38. The molecule has 2 aliphatic heterocycles. The molecule has 2 nitrogen and oxygen atoms in total. The van der Waals surface area contributed by atoms with Crippen molar-refractivity contribution in [1.82, 2.24) is 4.98 Å². The van der Waals surface area contributed by atoms with Gasteiger partial charge in [-0.1, -0.05) is 18.2 Å². The molecule has 1 aromatic carbocycles. The highest BCUT2D eigenvalue weighted by atomic mass is 15.2. The first kappa shape index (κ1) is 11.5. The van der Waals surface area contributed by atoms with Crippen LogP contribution in [0.3, 0.4) is 0 Å². The number of para-hydroxylation sites is 1. The second-order valence-electron chi connectivity index (χ2n) is 6.52. The van der Waals surface area contributed by atoms with E-state index in [0.717, 1.165) is 0 Å². The van der Waals surface area contributed by atoms with Gasteiger partial charge in [0.2, 0.25) is 0 Å². The van der Waals surface area contributed by atoms with Gasteiger partial charge in [-0.05, 0) is 37.8 Å². The van der Waals surface area contributed by atoms with Crippen molar-refractivity contribution < 1.29 is 4.90 Å². The van der Waals surface area contributed by atoms with E-state index in [1.165, 1.54) is 56.1 Å². The molecule has 2 heteroatoms. The third kappa shape index (κ3) is 1.59. The van der Waals surface area contributed by atoms with E-state index in [0.29, 0.717) is 5.54 Å². The summed E-state index contributed by atoms with van der Waals surface area (Å²) in [5, 5.41) is 1.46. The van der Waals surface area contributed by atoms with Crippen LogP contribution in [-0.2, 0) is 12.0 Å². The average molecular weight is 255 g/mol. The summed E-state index contributed by atoms with van der Waals surface area (Å²) in [5.41, 5.74) is 4.81. The molecule has 2 unspecified atom stereocenters. The smallest absolute Gasteiger partial charge is 0.136 e. The predicted octanol–water partition coefficient (Wildman–Crippen LogP) is 2.40. The SMILES string of the molecule is CC12CCCC[NH+]1CCCc1c2[nH]c2ccccc12. The van der Waals surface area contributed by atoms with Crippen molar-refractivity contribution in [2.45, 2.75) is 44.6 Å². The fourth-order valence-electron chi connectivity index (χ4n) is 4.38. The average Bonchev–Trinajstić information content (AvgIpc) is 2.74. The molecule has 0 amide bonds. The molecule has 1 aromatic heterocycles. The quantitative estimate of drug-likeness (QED) is 0.721. The first-order chi connectivity index (χ1) is 9.29. The summed E-state index contributed by atoms with van der Waals surface area (Å²) in [6.45, 7) is 5.18. The molecule has 0 spiro atoms. The number of aromatic nitrogens is 1. The minimum atomic E-state index is 0.323. The molecule has 19 heavy (non-hydrogen) atoms. The van der Waals surface area contributed by atoms with Gasteiger partial charge >= 0.3 is 0 Å². The van der Waals surface area contributed by atoms with Gasteiger partial charge in [0.25, 0.3) is 0 Å². The number of hydrogen-bond donors (Lipinski definition) is 2. The van der Waals surface area contributed by atoms with Crippen LogP contribution in [0, 0.1) is 0 Å². The Hall–Kier alpha value is -1.28. The topological polar surface area (TPSA) is 20.2 Å². The Morgan fingerprint density at radius 1 is 1.11 bits per heavy atom. The van der Waals surface area contributed by atoms with Crippen LogP contribution in [-0.4, -0.2) is 18.1 Å². The van der Waals surface area contributed by atoms with Crippen LogP contribution in [0.25, 0.3) is 10.9 Å². The number of quaternary nitrogens is 1. The lowest BCUT2D eigenvalue weighted by atomic mass is 9.84. The van der Waals surface area contributed by atoms with E-state index in [-0.39, 0.29) is 0 Å². The maximum atomic E-state index is 3.77. The van der Waals surface area contributed by atoms with Crippen LogP contribution in [0.15, 0.2) is 24.3 Å². The van der Waals surface area contributed by atoms with Gasteiger partial charge in [-0.3, -0.25) is 0 Å². The van der Waals surface area contributed by atoms with Crippen LogP contribution < -0.4 is 4.90 Å². The molecule has 0 saturated carbocycles. The first-order valence-electron chi connectivity index (χ1n) is 7.74. The van der Waals surface area contributed by atoms with Gasteiger partial charge in [-0.15, -0.1) is 0 Å². The lowest BCUT2D eigenvalue weighted by Crippen LogP contribution is -3.19. The minimum absolute atomic E-state index is 0.323. The van der Waals surface area contributed by atoms with Gasteiger partial charge in [0.05, 0.1) is 18.8 Å². The summed E-state index contributed by atoms with van der Waals surface area (Å²) >= 11 is 0. The number of aryl methyl sites for hydroxylation is 1. The van der Waals surface area contributed by atoms with E-state index in [9.17, 15) is 0 Å². The standard InChI is InChI=1S/C17H22N2/c1-17-10-4-5-11-19(17)12-6-8-14-13-7-2-3-9-15(13)18-16(14)17/h2-3,7,9,18H,4-6,8,10-12H2,1H3/p+1. The molecule has 2 aliphatic rings. The van der Waals surface area contributed by atoms with Crippen molar-refractivity contribution in [3.05, 3.63) is 35.5 Å². The third-order valence-electron chi connectivity index (χ3n) is 5.46. The van der Waals surface area contributed by atoms with Gasteiger partial charge in [-0.2, -0.15) is 0 Å². The highest BCUT2D eigenvalue weighted by Gasteiger charge is 2.44. The highest BCUT2D eigenvalue weighted by molar-refractivity contribution is 5.85. The Labute approximate surface area is 114 Å². The zero-order valence-corrected chi connectivity index (χ0v) is 11.8. The van der Waals surface area contributed by atoms with E-state index in [2.05, 4.69) is 36.2 Å². The number of nitrogens with one attached hydrogen (secondary N) is 2. The summed E-state index contributed by atoms with van der Waals surface area (Å²) < 4.78 is 0. The van der Waals surface area contributed by atoms with Crippen LogP contribution in [0.4, 0.5) is 0 Å². The molecular weight excluding hydrogens is 232 g/mol.